The van der Waals surface area contributed by atoms with Crippen LogP contribution < -0.4 is 5.43 Å². The molecule has 5 heteroatoms. The van der Waals surface area contributed by atoms with E-state index >= 15 is 0 Å². The molecule has 0 bridgehead atoms. The van der Waals surface area contributed by atoms with E-state index in [1.165, 1.54) is 11.8 Å². The first-order chi connectivity index (χ1) is 13.7. The molecule has 0 aromatic heterocycles. The minimum atomic E-state index is -0.930. The van der Waals surface area contributed by atoms with Crippen LogP contribution in [-0.2, 0) is 10.2 Å². The van der Waals surface area contributed by atoms with Crippen molar-refractivity contribution in [2.24, 2.45) is 5.10 Å². The molecule has 1 aliphatic carbocycles. The Morgan fingerprint density at radius 2 is 1.43 bits per heavy atom. The van der Waals surface area contributed by atoms with Crippen molar-refractivity contribution < 1.29 is 4.79 Å². The third kappa shape index (κ3) is 2.87. The Balaban J connectivity index is 2.02. The van der Waals surface area contributed by atoms with E-state index in [-0.39, 0.29) is 5.78 Å². The Labute approximate surface area is 173 Å². The summed E-state index contributed by atoms with van der Waals surface area (Å²) in [5.74, 6) is -0.0532. The standard InChI is InChI=1S/C23H18N2OS2/c1-28-22(27)25-24-20-18-14-8-9-15-19(18)23(21(20)26,16-10-4-2-5-11-16)17-12-6-3-7-13-17/h2-15H,1H3,(H,25,27)/b24-20-. The Kier molecular flexibility index (Phi) is 5.11. The zero-order valence-corrected chi connectivity index (χ0v) is 16.9. The van der Waals surface area contributed by atoms with Crippen molar-refractivity contribution in [3.63, 3.8) is 0 Å². The van der Waals surface area contributed by atoms with Gasteiger partial charge in [-0.05, 0) is 22.9 Å². The number of benzene rings is 3. The molecule has 28 heavy (non-hydrogen) atoms. The number of hydrogen-bond donors (Lipinski definition) is 1. The van der Waals surface area contributed by atoms with Crippen LogP contribution in [0.1, 0.15) is 22.3 Å². The highest BCUT2D eigenvalue weighted by atomic mass is 32.2. The van der Waals surface area contributed by atoms with Gasteiger partial charge in [-0.15, -0.1) is 0 Å². The summed E-state index contributed by atoms with van der Waals surface area (Å²) >= 11 is 6.59. The number of nitrogens with one attached hydrogen (secondary N) is 1. The minimum Gasteiger partial charge on any atom is -0.291 e. The predicted molar refractivity (Wildman–Crippen MR) is 120 cm³/mol. The van der Waals surface area contributed by atoms with Crippen LogP contribution in [0.5, 0.6) is 0 Å². The van der Waals surface area contributed by atoms with Crippen molar-refractivity contribution in [1.29, 1.82) is 0 Å². The molecule has 3 aromatic carbocycles. The molecule has 0 radical (unpaired) electrons. The number of hydrazone groups is 1. The van der Waals surface area contributed by atoms with E-state index in [0.717, 1.165) is 22.3 Å². The highest BCUT2D eigenvalue weighted by Crippen LogP contribution is 2.46. The van der Waals surface area contributed by atoms with Crippen LogP contribution in [0.25, 0.3) is 0 Å². The van der Waals surface area contributed by atoms with E-state index in [0.29, 0.717) is 10.0 Å². The lowest BCUT2D eigenvalue weighted by Crippen LogP contribution is -2.37. The molecular weight excluding hydrogens is 384 g/mol. The lowest BCUT2D eigenvalue weighted by Gasteiger charge is -2.29. The summed E-state index contributed by atoms with van der Waals surface area (Å²) in [6.07, 6.45) is 1.87. The van der Waals surface area contributed by atoms with Gasteiger partial charge in [0.1, 0.15) is 11.1 Å². The van der Waals surface area contributed by atoms with E-state index in [1.54, 1.807) is 0 Å². The van der Waals surface area contributed by atoms with Gasteiger partial charge in [0.25, 0.3) is 0 Å². The Morgan fingerprint density at radius 1 is 0.893 bits per heavy atom. The predicted octanol–water partition coefficient (Wildman–Crippen LogP) is 4.55. The summed E-state index contributed by atoms with van der Waals surface area (Å²) in [5.41, 5.74) is 5.94. The Bertz CT molecular complexity index is 1020. The number of rotatable bonds is 3. The SMILES string of the molecule is CSC(=S)N/N=C1\C(=O)C(c2ccccc2)(c2ccccc2)c2ccccc21. The monoisotopic (exact) mass is 402 g/mol. The first-order valence-electron chi connectivity index (χ1n) is 8.87. The second-order valence-electron chi connectivity index (χ2n) is 6.42. The topological polar surface area (TPSA) is 41.5 Å². The number of ketones is 1. The van der Waals surface area contributed by atoms with Gasteiger partial charge in [0.05, 0.1) is 0 Å². The largest absolute Gasteiger partial charge is 0.291 e. The van der Waals surface area contributed by atoms with Gasteiger partial charge in [-0.3, -0.25) is 10.2 Å². The molecule has 3 nitrogen and oxygen atoms in total. The number of Topliss-reactive ketones (excluding diaryl/α,β-unsaturated/α-hetero) is 1. The van der Waals surface area contributed by atoms with Crippen molar-refractivity contribution in [2.75, 3.05) is 6.26 Å². The fourth-order valence-corrected chi connectivity index (χ4v) is 4.00. The maximum atomic E-state index is 14.0. The maximum absolute atomic E-state index is 14.0. The molecule has 138 valence electrons. The van der Waals surface area contributed by atoms with Crippen molar-refractivity contribution in [3.8, 4) is 0 Å². The highest BCUT2D eigenvalue weighted by molar-refractivity contribution is 8.22. The molecule has 0 atom stereocenters. The first-order valence-corrected chi connectivity index (χ1v) is 10.5. The molecule has 0 aliphatic heterocycles. The number of fused-ring (bicyclic) bond motifs is 1. The fraction of sp³-hybridized carbons (Fsp3) is 0.0870. The van der Waals surface area contributed by atoms with Crippen molar-refractivity contribution >= 4 is 39.8 Å². The van der Waals surface area contributed by atoms with Crippen molar-refractivity contribution in [1.82, 2.24) is 5.43 Å². The second-order valence-corrected chi connectivity index (χ2v) is 7.90. The normalized spacial score (nSPS) is 16.0. The summed E-state index contributed by atoms with van der Waals surface area (Å²) in [6, 6.07) is 27.7. The lowest BCUT2D eigenvalue weighted by molar-refractivity contribution is -0.115. The van der Waals surface area contributed by atoms with E-state index < -0.39 is 5.41 Å². The number of carbonyl (C=O) groups is 1. The molecule has 0 fully saturated rings. The fourth-order valence-electron chi connectivity index (χ4n) is 3.81. The minimum absolute atomic E-state index is 0.0532. The summed E-state index contributed by atoms with van der Waals surface area (Å²) in [7, 11) is 0. The van der Waals surface area contributed by atoms with Crippen LogP contribution in [0.2, 0.25) is 0 Å². The highest BCUT2D eigenvalue weighted by Gasteiger charge is 2.52. The van der Waals surface area contributed by atoms with Crippen LogP contribution >= 0.6 is 24.0 Å². The molecule has 0 saturated carbocycles. The van der Waals surface area contributed by atoms with Crippen LogP contribution in [0, 0.1) is 0 Å². The van der Waals surface area contributed by atoms with E-state index in [1.807, 2.05) is 91.2 Å². The van der Waals surface area contributed by atoms with Gasteiger partial charge in [0, 0.05) is 5.56 Å². The molecule has 0 heterocycles. The molecule has 1 N–H and O–H groups in total. The summed E-state index contributed by atoms with van der Waals surface area (Å²) < 4.78 is 0.523. The Morgan fingerprint density at radius 3 is 2.00 bits per heavy atom. The van der Waals surface area contributed by atoms with Crippen molar-refractivity contribution in [3.05, 3.63) is 107 Å². The summed E-state index contributed by atoms with van der Waals surface area (Å²) in [6.45, 7) is 0. The molecule has 0 unspecified atom stereocenters. The zero-order chi connectivity index (χ0) is 19.6. The lowest BCUT2D eigenvalue weighted by atomic mass is 9.69. The number of thioether (sulfide) groups is 1. The summed E-state index contributed by atoms with van der Waals surface area (Å²) in [5, 5.41) is 4.42. The number of thiocarbonyl (C=S) groups is 1. The van der Waals surface area contributed by atoms with Gasteiger partial charge in [-0.25, -0.2) is 0 Å². The molecule has 3 aromatic rings. The van der Waals surface area contributed by atoms with Gasteiger partial charge in [0.2, 0.25) is 5.78 Å². The summed E-state index contributed by atoms with van der Waals surface area (Å²) in [4.78, 5) is 14.0. The van der Waals surface area contributed by atoms with E-state index in [9.17, 15) is 4.79 Å². The average molecular weight is 403 g/mol. The zero-order valence-electron chi connectivity index (χ0n) is 15.3. The molecule has 0 amide bonds. The molecule has 0 saturated heterocycles. The van der Waals surface area contributed by atoms with Gasteiger partial charge in [-0.1, -0.05) is 109 Å². The molecular formula is C23H18N2OS2. The van der Waals surface area contributed by atoms with E-state index in [4.69, 9.17) is 12.2 Å². The third-order valence-electron chi connectivity index (χ3n) is 5.00. The van der Waals surface area contributed by atoms with Gasteiger partial charge < -0.3 is 0 Å². The van der Waals surface area contributed by atoms with Crippen LogP contribution in [-0.4, -0.2) is 22.1 Å². The number of nitrogens with zero attached hydrogens (tertiary/aromatic N) is 1. The Hall–Kier alpha value is -2.76. The van der Waals surface area contributed by atoms with Crippen LogP contribution in [0.15, 0.2) is 90.0 Å². The maximum Gasteiger partial charge on any atom is 0.202 e. The molecule has 1 aliphatic rings. The average Bonchev–Trinajstić information content (AvgIpc) is 3.01. The third-order valence-corrected chi connectivity index (χ3v) is 6.05. The molecule has 4 rings (SSSR count). The van der Waals surface area contributed by atoms with Crippen molar-refractivity contribution in [2.45, 2.75) is 5.41 Å². The number of hydrogen-bond acceptors (Lipinski definition) is 4. The number of carbonyl (C=O) groups excluding carboxylic acids is 1. The molecule has 0 spiro atoms. The van der Waals surface area contributed by atoms with Crippen LogP contribution in [0.3, 0.4) is 0 Å². The van der Waals surface area contributed by atoms with Crippen LogP contribution in [0.4, 0.5) is 0 Å². The second kappa shape index (κ2) is 7.70. The van der Waals surface area contributed by atoms with Gasteiger partial charge in [0.15, 0.2) is 4.32 Å². The van der Waals surface area contributed by atoms with Gasteiger partial charge >= 0.3 is 0 Å². The van der Waals surface area contributed by atoms with E-state index in [2.05, 4.69) is 10.5 Å². The quantitative estimate of drug-likeness (QED) is 0.516. The smallest absolute Gasteiger partial charge is 0.202 e. The first kappa shape index (κ1) is 18.6. The van der Waals surface area contributed by atoms with Gasteiger partial charge in [-0.2, -0.15) is 5.10 Å².